The molecule has 166 valence electrons. The number of benzene rings is 2. The molecule has 3 heterocycles. The number of ether oxygens (including phenoxy) is 3. The van der Waals surface area contributed by atoms with E-state index in [4.69, 9.17) is 19.9 Å². The van der Waals surface area contributed by atoms with Crippen molar-refractivity contribution in [1.29, 1.82) is 5.26 Å². The van der Waals surface area contributed by atoms with Gasteiger partial charge in [-0.15, -0.1) is 0 Å². The van der Waals surface area contributed by atoms with Crippen LogP contribution in [0.4, 0.5) is 0 Å². The van der Waals surface area contributed by atoms with Crippen molar-refractivity contribution in [2.75, 3.05) is 26.4 Å². The summed E-state index contributed by atoms with van der Waals surface area (Å²) in [4.78, 5) is 12.7. The smallest absolute Gasteiger partial charge is 0.241 e. The van der Waals surface area contributed by atoms with Crippen LogP contribution in [-0.4, -0.2) is 43.9 Å². The fourth-order valence-electron chi connectivity index (χ4n) is 4.47. The van der Waals surface area contributed by atoms with E-state index in [1.807, 2.05) is 18.2 Å². The zero-order chi connectivity index (χ0) is 22.1. The predicted octanol–water partition coefficient (Wildman–Crippen LogP) is 2.42. The first-order valence-corrected chi connectivity index (χ1v) is 11.1. The van der Waals surface area contributed by atoms with Crippen molar-refractivity contribution >= 4 is 5.91 Å². The maximum atomic E-state index is 12.7. The molecular weight excluding hydrogens is 406 g/mol. The molecule has 3 aliphatic rings. The fraction of sp³-hybridized carbons (Fsp3) is 0.440. The van der Waals surface area contributed by atoms with Crippen molar-refractivity contribution in [3.8, 4) is 22.9 Å². The number of nitrogens with two attached hydrogens (primary N) is 1. The third-order valence-corrected chi connectivity index (χ3v) is 6.70. The van der Waals surface area contributed by atoms with Gasteiger partial charge in [0.05, 0.1) is 24.8 Å². The molecule has 2 aromatic carbocycles. The Morgan fingerprint density at radius 3 is 2.69 bits per heavy atom. The SMILES string of the molecule is N#CC(Cc1ccc2c(c1)OCc1ccc(C3COC3)cc1-2)NC(=O)C1(N)CCOCC1. The lowest BCUT2D eigenvalue weighted by atomic mass is 9.89. The summed E-state index contributed by atoms with van der Waals surface area (Å²) in [5.41, 5.74) is 10.9. The minimum absolute atomic E-state index is 0.289. The molecule has 5 rings (SSSR count). The van der Waals surface area contributed by atoms with E-state index < -0.39 is 11.6 Å². The van der Waals surface area contributed by atoms with Crippen LogP contribution in [0, 0.1) is 11.3 Å². The number of hydrogen-bond donors (Lipinski definition) is 2. The lowest BCUT2D eigenvalue weighted by molar-refractivity contribution is -0.130. The van der Waals surface area contributed by atoms with Gasteiger partial charge in [-0.2, -0.15) is 5.26 Å². The molecule has 1 amide bonds. The monoisotopic (exact) mass is 433 g/mol. The summed E-state index contributed by atoms with van der Waals surface area (Å²) < 4.78 is 16.7. The summed E-state index contributed by atoms with van der Waals surface area (Å²) in [6, 6.07) is 14.1. The van der Waals surface area contributed by atoms with Crippen molar-refractivity contribution in [1.82, 2.24) is 5.32 Å². The molecule has 0 bridgehead atoms. The van der Waals surface area contributed by atoms with E-state index in [1.54, 1.807) is 0 Å². The van der Waals surface area contributed by atoms with E-state index in [1.165, 1.54) is 16.7 Å². The number of hydrogen-bond acceptors (Lipinski definition) is 6. The third kappa shape index (κ3) is 3.97. The summed E-state index contributed by atoms with van der Waals surface area (Å²) in [5.74, 6) is 0.982. The number of nitrogens with zero attached hydrogens (tertiary/aromatic N) is 1. The molecule has 1 unspecified atom stereocenters. The van der Waals surface area contributed by atoms with Gasteiger partial charge in [0.2, 0.25) is 5.91 Å². The molecule has 3 aliphatic heterocycles. The molecule has 0 spiro atoms. The van der Waals surface area contributed by atoms with Crippen LogP contribution < -0.4 is 15.8 Å². The van der Waals surface area contributed by atoms with Gasteiger partial charge in [-0.25, -0.2) is 0 Å². The largest absolute Gasteiger partial charge is 0.488 e. The zero-order valence-electron chi connectivity index (χ0n) is 17.9. The summed E-state index contributed by atoms with van der Waals surface area (Å²) in [5, 5.41) is 12.4. The molecule has 2 fully saturated rings. The van der Waals surface area contributed by atoms with Gasteiger partial charge in [-0.05, 0) is 41.2 Å². The molecule has 7 heteroatoms. The van der Waals surface area contributed by atoms with Gasteiger partial charge in [0.25, 0.3) is 0 Å². The number of carbonyl (C=O) groups excluding carboxylic acids is 1. The highest BCUT2D eigenvalue weighted by Gasteiger charge is 2.37. The Morgan fingerprint density at radius 1 is 1.16 bits per heavy atom. The molecule has 0 aliphatic carbocycles. The number of carbonyl (C=O) groups is 1. The van der Waals surface area contributed by atoms with E-state index in [-0.39, 0.29) is 5.91 Å². The van der Waals surface area contributed by atoms with Crippen molar-refractivity contribution in [3.05, 3.63) is 53.1 Å². The first kappa shape index (κ1) is 21.0. The predicted molar refractivity (Wildman–Crippen MR) is 118 cm³/mol. The van der Waals surface area contributed by atoms with E-state index in [0.717, 1.165) is 30.1 Å². The Bertz CT molecular complexity index is 1070. The highest BCUT2D eigenvalue weighted by molar-refractivity contribution is 5.86. The number of rotatable bonds is 5. The van der Waals surface area contributed by atoms with Crippen LogP contribution in [0.15, 0.2) is 36.4 Å². The Balaban J connectivity index is 1.32. The van der Waals surface area contributed by atoms with Gasteiger partial charge in [-0.3, -0.25) is 4.79 Å². The molecule has 7 nitrogen and oxygen atoms in total. The van der Waals surface area contributed by atoms with Crippen molar-refractivity contribution in [2.45, 2.75) is 43.4 Å². The molecule has 1 atom stereocenters. The Labute approximate surface area is 187 Å². The minimum atomic E-state index is -0.973. The normalized spacial score (nSPS) is 20.0. The van der Waals surface area contributed by atoms with E-state index in [9.17, 15) is 10.1 Å². The molecule has 3 N–H and O–H groups in total. The van der Waals surface area contributed by atoms with E-state index >= 15 is 0 Å². The van der Waals surface area contributed by atoms with Crippen LogP contribution in [0.5, 0.6) is 5.75 Å². The highest BCUT2D eigenvalue weighted by Crippen LogP contribution is 2.40. The van der Waals surface area contributed by atoms with Crippen LogP contribution in [0.25, 0.3) is 11.1 Å². The quantitative estimate of drug-likeness (QED) is 0.750. The summed E-state index contributed by atoms with van der Waals surface area (Å²) >= 11 is 0. The lowest BCUT2D eigenvalue weighted by Gasteiger charge is -2.32. The number of nitrogens with one attached hydrogen (secondary N) is 1. The molecule has 0 aromatic heterocycles. The van der Waals surface area contributed by atoms with Gasteiger partial charge in [0.1, 0.15) is 18.4 Å². The van der Waals surface area contributed by atoms with Gasteiger partial charge in [0.15, 0.2) is 0 Å². The molecule has 32 heavy (non-hydrogen) atoms. The molecule has 2 saturated heterocycles. The number of fused-ring (bicyclic) bond motifs is 3. The van der Waals surface area contributed by atoms with Crippen molar-refractivity contribution < 1.29 is 19.0 Å². The third-order valence-electron chi connectivity index (χ3n) is 6.70. The van der Waals surface area contributed by atoms with Crippen LogP contribution in [-0.2, 0) is 27.3 Å². The van der Waals surface area contributed by atoms with E-state index in [2.05, 4.69) is 29.6 Å². The second kappa shape index (κ2) is 8.55. The van der Waals surface area contributed by atoms with Crippen LogP contribution in [0.2, 0.25) is 0 Å². The average Bonchev–Trinajstić information content (AvgIpc) is 2.77. The van der Waals surface area contributed by atoms with Gasteiger partial charge in [0, 0.05) is 31.1 Å². The number of nitriles is 1. The van der Waals surface area contributed by atoms with Crippen molar-refractivity contribution in [2.24, 2.45) is 5.73 Å². The molecule has 0 saturated carbocycles. The van der Waals surface area contributed by atoms with Crippen LogP contribution in [0.1, 0.15) is 35.4 Å². The standard InChI is InChI=1S/C25H27N3O4/c26-12-20(28-24(29)25(27)5-7-30-8-6-25)9-16-1-4-21-22-11-17(19-13-31-14-19)2-3-18(22)15-32-23(21)10-16/h1-4,10-11,19-20H,5-9,13-15,27H2,(H,28,29). The fourth-order valence-corrected chi connectivity index (χ4v) is 4.47. The van der Waals surface area contributed by atoms with Crippen LogP contribution >= 0.6 is 0 Å². The lowest BCUT2D eigenvalue weighted by Crippen LogP contribution is -2.58. The maximum Gasteiger partial charge on any atom is 0.241 e. The second-order valence-electron chi connectivity index (χ2n) is 8.90. The Hall–Kier alpha value is -2.92. The number of amides is 1. The first-order valence-electron chi connectivity index (χ1n) is 11.1. The van der Waals surface area contributed by atoms with Crippen molar-refractivity contribution in [3.63, 3.8) is 0 Å². The average molecular weight is 434 g/mol. The van der Waals surface area contributed by atoms with Crippen LogP contribution in [0.3, 0.4) is 0 Å². The molecule has 0 radical (unpaired) electrons. The molecule has 2 aromatic rings. The van der Waals surface area contributed by atoms with E-state index in [0.29, 0.717) is 45.0 Å². The first-order chi connectivity index (χ1) is 15.6. The summed E-state index contributed by atoms with van der Waals surface area (Å²) in [6.45, 7) is 2.99. The Morgan fingerprint density at radius 2 is 1.97 bits per heavy atom. The molecular formula is C25H27N3O4. The highest BCUT2D eigenvalue weighted by atomic mass is 16.5. The second-order valence-corrected chi connectivity index (χ2v) is 8.90. The summed E-state index contributed by atoms with van der Waals surface area (Å²) in [7, 11) is 0. The van der Waals surface area contributed by atoms with Gasteiger partial charge in [-0.1, -0.05) is 30.3 Å². The van der Waals surface area contributed by atoms with Gasteiger partial charge < -0.3 is 25.3 Å². The summed E-state index contributed by atoms with van der Waals surface area (Å²) in [6.07, 6.45) is 1.30. The maximum absolute atomic E-state index is 12.7. The zero-order valence-corrected chi connectivity index (χ0v) is 17.9. The minimum Gasteiger partial charge on any atom is -0.488 e. The Kier molecular flexibility index (Phi) is 5.60. The van der Waals surface area contributed by atoms with Gasteiger partial charge >= 0.3 is 0 Å². The topological polar surface area (TPSA) is 107 Å².